The van der Waals surface area contributed by atoms with Crippen LogP contribution in [0, 0.1) is 6.92 Å². The fourth-order valence-corrected chi connectivity index (χ4v) is 3.39. The van der Waals surface area contributed by atoms with E-state index in [0.717, 1.165) is 30.2 Å². The third kappa shape index (κ3) is 4.21. The minimum Gasteiger partial charge on any atom is -0.356 e. The Labute approximate surface area is 155 Å². The number of carbonyl (C=O) groups is 1. The number of aromatic nitrogens is 2. The molecule has 1 saturated heterocycles. The van der Waals surface area contributed by atoms with E-state index in [1.54, 1.807) is 0 Å². The van der Waals surface area contributed by atoms with Crippen LogP contribution in [0.25, 0.3) is 0 Å². The quantitative estimate of drug-likeness (QED) is 0.893. The van der Waals surface area contributed by atoms with Gasteiger partial charge in [-0.2, -0.15) is 0 Å². The Morgan fingerprint density at radius 3 is 2.46 bits per heavy atom. The number of aryl methyl sites for hydroxylation is 1. The molecular weight excluding hydrogens is 324 g/mol. The summed E-state index contributed by atoms with van der Waals surface area (Å²) in [7, 11) is 0. The average molecular weight is 352 g/mol. The number of carbonyl (C=O) groups excluding carboxylic acids is 1. The molecule has 138 valence electrons. The number of anilines is 2. The van der Waals surface area contributed by atoms with Crippen molar-refractivity contribution in [3.8, 4) is 0 Å². The molecule has 1 N–H and O–H groups in total. The van der Waals surface area contributed by atoms with Gasteiger partial charge in [-0.1, -0.05) is 39.0 Å². The van der Waals surface area contributed by atoms with Gasteiger partial charge in [0.2, 0.25) is 0 Å². The third-order valence-electron chi connectivity index (χ3n) is 4.72. The molecule has 5 heteroatoms. The van der Waals surface area contributed by atoms with Crippen molar-refractivity contribution in [1.29, 1.82) is 0 Å². The second-order valence-corrected chi connectivity index (χ2v) is 7.96. The summed E-state index contributed by atoms with van der Waals surface area (Å²) < 4.78 is 0. The lowest BCUT2D eigenvalue weighted by Gasteiger charge is -2.28. The Morgan fingerprint density at radius 1 is 1.08 bits per heavy atom. The van der Waals surface area contributed by atoms with Gasteiger partial charge < -0.3 is 10.2 Å². The molecule has 0 bridgehead atoms. The molecule has 0 atom stereocenters. The molecule has 26 heavy (non-hydrogen) atoms. The first-order valence-corrected chi connectivity index (χ1v) is 9.36. The van der Waals surface area contributed by atoms with E-state index < -0.39 is 0 Å². The van der Waals surface area contributed by atoms with Gasteiger partial charge in [-0.05, 0) is 43.2 Å². The molecule has 0 unspecified atom stereocenters. The summed E-state index contributed by atoms with van der Waals surface area (Å²) in [5, 5.41) is 3.04. The van der Waals surface area contributed by atoms with Crippen LogP contribution in [-0.4, -0.2) is 29.0 Å². The number of piperidine rings is 1. The number of benzene rings is 1. The maximum atomic E-state index is 12.9. The summed E-state index contributed by atoms with van der Waals surface area (Å²) >= 11 is 0. The van der Waals surface area contributed by atoms with Gasteiger partial charge in [-0.25, -0.2) is 9.97 Å². The van der Waals surface area contributed by atoms with Gasteiger partial charge in [0.25, 0.3) is 5.91 Å². The van der Waals surface area contributed by atoms with Crippen LogP contribution in [0.3, 0.4) is 0 Å². The molecule has 0 saturated carbocycles. The van der Waals surface area contributed by atoms with Gasteiger partial charge in [-0.15, -0.1) is 0 Å². The molecule has 3 rings (SSSR count). The minimum atomic E-state index is -0.189. The Bertz CT molecular complexity index is 789. The maximum Gasteiger partial charge on any atom is 0.274 e. The van der Waals surface area contributed by atoms with E-state index in [9.17, 15) is 4.79 Å². The molecular formula is C21H28N4O. The molecule has 1 fully saturated rings. The van der Waals surface area contributed by atoms with Crippen LogP contribution >= 0.6 is 0 Å². The Morgan fingerprint density at radius 2 is 1.77 bits per heavy atom. The molecule has 1 amide bonds. The van der Waals surface area contributed by atoms with E-state index in [2.05, 4.69) is 47.0 Å². The number of para-hydroxylation sites is 1. The predicted octanol–water partition coefficient (Wildman–Crippen LogP) is 4.33. The van der Waals surface area contributed by atoms with Crippen LogP contribution in [-0.2, 0) is 5.41 Å². The Kier molecular flexibility index (Phi) is 5.25. The van der Waals surface area contributed by atoms with Gasteiger partial charge in [0, 0.05) is 24.8 Å². The summed E-state index contributed by atoms with van der Waals surface area (Å²) in [5.74, 6) is 1.29. The van der Waals surface area contributed by atoms with Crippen molar-refractivity contribution in [2.24, 2.45) is 0 Å². The van der Waals surface area contributed by atoms with Gasteiger partial charge in [0.15, 0.2) is 0 Å². The third-order valence-corrected chi connectivity index (χ3v) is 4.72. The monoisotopic (exact) mass is 352 g/mol. The standard InChI is InChI=1S/C21H28N4O/c1-15-22-18(14-19(23-15)25-12-8-5-9-13-25)20(26)24-17-11-7-6-10-16(17)21(2,3)4/h6-7,10-11,14H,5,8-9,12-13H2,1-4H3,(H,24,26). The average Bonchev–Trinajstić information content (AvgIpc) is 2.61. The van der Waals surface area contributed by atoms with E-state index in [1.165, 1.54) is 19.3 Å². The zero-order valence-corrected chi connectivity index (χ0v) is 16.2. The van der Waals surface area contributed by atoms with E-state index in [0.29, 0.717) is 11.5 Å². The molecule has 0 radical (unpaired) electrons. The van der Waals surface area contributed by atoms with E-state index in [-0.39, 0.29) is 11.3 Å². The lowest BCUT2D eigenvalue weighted by molar-refractivity contribution is 0.102. The SMILES string of the molecule is Cc1nc(C(=O)Nc2ccccc2C(C)(C)C)cc(N2CCCCC2)n1. The first-order chi connectivity index (χ1) is 12.3. The van der Waals surface area contributed by atoms with E-state index >= 15 is 0 Å². The van der Waals surface area contributed by atoms with Crippen molar-refractivity contribution >= 4 is 17.4 Å². The first kappa shape index (κ1) is 18.4. The number of rotatable bonds is 3. The Balaban J connectivity index is 1.86. The van der Waals surface area contributed by atoms with Crippen LogP contribution in [0.2, 0.25) is 0 Å². The van der Waals surface area contributed by atoms with Gasteiger partial charge in [0.1, 0.15) is 17.3 Å². The molecule has 1 aromatic carbocycles. The van der Waals surface area contributed by atoms with Crippen LogP contribution < -0.4 is 10.2 Å². The van der Waals surface area contributed by atoms with Crippen LogP contribution in [0.15, 0.2) is 30.3 Å². The molecule has 1 aliphatic rings. The number of amides is 1. The number of nitrogens with one attached hydrogen (secondary N) is 1. The Hall–Kier alpha value is -2.43. The van der Waals surface area contributed by atoms with E-state index in [1.807, 2.05) is 31.2 Å². The van der Waals surface area contributed by atoms with Gasteiger partial charge in [-0.3, -0.25) is 4.79 Å². The highest BCUT2D eigenvalue weighted by molar-refractivity contribution is 6.03. The van der Waals surface area contributed by atoms with Gasteiger partial charge in [0.05, 0.1) is 0 Å². The maximum absolute atomic E-state index is 12.9. The minimum absolute atomic E-state index is 0.0512. The van der Waals surface area contributed by atoms with Crippen LogP contribution in [0.4, 0.5) is 11.5 Å². The number of nitrogens with zero attached hydrogens (tertiary/aromatic N) is 3. The van der Waals surface area contributed by atoms with Crippen molar-refractivity contribution in [2.45, 2.75) is 52.4 Å². The van der Waals surface area contributed by atoms with Crippen molar-refractivity contribution in [1.82, 2.24) is 9.97 Å². The van der Waals surface area contributed by atoms with E-state index in [4.69, 9.17) is 0 Å². The van der Waals surface area contributed by atoms with Crippen LogP contribution in [0.5, 0.6) is 0 Å². The predicted molar refractivity (Wildman–Crippen MR) is 106 cm³/mol. The smallest absolute Gasteiger partial charge is 0.274 e. The topological polar surface area (TPSA) is 58.1 Å². The highest BCUT2D eigenvalue weighted by atomic mass is 16.1. The zero-order chi connectivity index (χ0) is 18.7. The fraction of sp³-hybridized carbons (Fsp3) is 0.476. The largest absolute Gasteiger partial charge is 0.356 e. The highest BCUT2D eigenvalue weighted by Crippen LogP contribution is 2.29. The molecule has 0 spiro atoms. The summed E-state index contributed by atoms with van der Waals surface area (Å²) in [6.07, 6.45) is 3.60. The molecule has 5 nitrogen and oxygen atoms in total. The molecule has 2 heterocycles. The summed E-state index contributed by atoms with van der Waals surface area (Å²) in [4.78, 5) is 24.0. The molecule has 1 aliphatic heterocycles. The molecule has 1 aromatic heterocycles. The molecule has 2 aromatic rings. The second-order valence-electron chi connectivity index (χ2n) is 7.96. The lowest BCUT2D eigenvalue weighted by atomic mass is 9.86. The second kappa shape index (κ2) is 7.44. The highest BCUT2D eigenvalue weighted by Gasteiger charge is 2.21. The van der Waals surface area contributed by atoms with Crippen molar-refractivity contribution in [3.05, 3.63) is 47.4 Å². The summed E-state index contributed by atoms with van der Waals surface area (Å²) in [5.41, 5.74) is 2.31. The zero-order valence-electron chi connectivity index (χ0n) is 16.2. The number of hydrogen-bond acceptors (Lipinski definition) is 4. The van der Waals surface area contributed by atoms with Crippen molar-refractivity contribution in [2.75, 3.05) is 23.3 Å². The van der Waals surface area contributed by atoms with Crippen molar-refractivity contribution in [3.63, 3.8) is 0 Å². The fourth-order valence-electron chi connectivity index (χ4n) is 3.39. The summed E-state index contributed by atoms with van der Waals surface area (Å²) in [6, 6.07) is 9.75. The lowest BCUT2D eigenvalue weighted by Crippen LogP contribution is -2.31. The number of hydrogen-bond donors (Lipinski definition) is 1. The molecule has 0 aliphatic carbocycles. The first-order valence-electron chi connectivity index (χ1n) is 9.36. The van der Waals surface area contributed by atoms with Crippen molar-refractivity contribution < 1.29 is 4.79 Å². The normalized spacial score (nSPS) is 15.0. The van der Waals surface area contributed by atoms with Gasteiger partial charge >= 0.3 is 0 Å². The van der Waals surface area contributed by atoms with Crippen LogP contribution in [0.1, 0.15) is 61.9 Å². The summed E-state index contributed by atoms with van der Waals surface area (Å²) in [6.45, 7) is 10.2.